The lowest BCUT2D eigenvalue weighted by atomic mass is 10.1. The molecule has 116 valence electrons. The van der Waals surface area contributed by atoms with Crippen molar-refractivity contribution in [2.45, 2.75) is 12.8 Å². The fraction of sp³-hybridized carbons (Fsp3) is 0.250. The van der Waals surface area contributed by atoms with Crippen LogP contribution in [-0.2, 0) is 12.8 Å². The zero-order valence-corrected chi connectivity index (χ0v) is 13.5. The molecule has 0 unspecified atom stereocenters. The molecule has 21 heavy (non-hydrogen) atoms. The Bertz CT molecular complexity index is 453. The molecule has 5 heteroatoms. The van der Waals surface area contributed by atoms with Crippen molar-refractivity contribution in [1.29, 1.82) is 0 Å². The number of ether oxygens (including phenoxy) is 1. The average Bonchev–Trinajstić information content (AvgIpc) is 2.44. The van der Waals surface area contributed by atoms with E-state index in [1.54, 1.807) is 0 Å². The number of benzene rings is 2. The number of rotatable bonds is 6. The minimum atomic E-state index is 0. The van der Waals surface area contributed by atoms with Crippen molar-refractivity contribution >= 4 is 24.8 Å². The van der Waals surface area contributed by atoms with Crippen LogP contribution >= 0.6 is 24.8 Å². The Morgan fingerprint density at radius 3 is 1.24 bits per heavy atom. The van der Waals surface area contributed by atoms with Gasteiger partial charge >= 0.3 is 0 Å². The standard InChI is InChI=1S/C16H20N2O.2ClH/c17-11-9-13-1-5-15(6-2-13)19-16-7-3-14(4-8-16)10-12-18;;/h1-8H,9-12,17-18H2;2*1H. The van der Waals surface area contributed by atoms with Gasteiger partial charge in [-0.15, -0.1) is 24.8 Å². The van der Waals surface area contributed by atoms with E-state index in [1.807, 2.05) is 48.5 Å². The fourth-order valence-electron chi connectivity index (χ4n) is 1.92. The molecule has 4 N–H and O–H groups in total. The van der Waals surface area contributed by atoms with Gasteiger partial charge in [-0.25, -0.2) is 0 Å². The van der Waals surface area contributed by atoms with E-state index in [0.717, 1.165) is 24.3 Å². The normalized spacial score (nSPS) is 9.43. The van der Waals surface area contributed by atoms with E-state index >= 15 is 0 Å². The molecule has 0 spiro atoms. The Balaban J connectivity index is 0.00000200. The highest BCUT2D eigenvalue weighted by Crippen LogP contribution is 2.22. The summed E-state index contributed by atoms with van der Waals surface area (Å²) in [6, 6.07) is 16.1. The zero-order valence-electron chi connectivity index (χ0n) is 11.8. The molecule has 0 atom stereocenters. The lowest BCUT2D eigenvalue weighted by molar-refractivity contribution is 0.482. The van der Waals surface area contributed by atoms with Crippen molar-refractivity contribution in [3.05, 3.63) is 59.7 Å². The second-order valence-corrected chi connectivity index (χ2v) is 4.47. The molecule has 0 bridgehead atoms. The first-order valence-corrected chi connectivity index (χ1v) is 6.57. The highest BCUT2D eigenvalue weighted by molar-refractivity contribution is 5.85. The molecule has 0 aliphatic carbocycles. The summed E-state index contributed by atoms with van der Waals surface area (Å²) in [4.78, 5) is 0. The summed E-state index contributed by atoms with van der Waals surface area (Å²) >= 11 is 0. The summed E-state index contributed by atoms with van der Waals surface area (Å²) in [5, 5.41) is 0. The second kappa shape index (κ2) is 10.5. The van der Waals surface area contributed by atoms with Crippen molar-refractivity contribution in [2.24, 2.45) is 11.5 Å². The maximum absolute atomic E-state index is 5.78. The van der Waals surface area contributed by atoms with Crippen LogP contribution in [0.3, 0.4) is 0 Å². The number of hydrogen-bond acceptors (Lipinski definition) is 3. The smallest absolute Gasteiger partial charge is 0.127 e. The van der Waals surface area contributed by atoms with Gasteiger partial charge in [0, 0.05) is 0 Å². The Morgan fingerprint density at radius 1 is 0.619 bits per heavy atom. The van der Waals surface area contributed by atoms with Crippen molar-refractivity contribution in [2.75, 3.05) is 13.1 Å². The first-order valence-electron chi connectivity index (χ1n) is 6.57. The van der Waals surface area contributed by atoms with Crippen LogP contribution in [0.15, 0.2) is 48.5 Å². The van der Waals surface area contributed by atoms with Crippen molar-refractivity contribution < 1.29 is 4.74 Å². The molecule has 0 aliphatic heterocycles. The molecular formula is C16H22Cl2N2O. The minimum absolute atomic E-state index is 0. The number of halogens is 2. The molecule has 2 aromatic rings. The Kier molecular flexibility index (Phi) is 9.84. The van der Waals surface area contributed by atoms with Gasteiger partial charge in [-0.2, -0.15) is 0 Å². The molecule has 0 saturated heterocycles. The predicted molar refractivity (Wildman–Crippen MR) is 93.0 cm³/mol. The van der Waals surface area contributed by atoms with Gasteiger partial charge in [0.2, 0.25) is 0 Å². The topological polar surface area (TPSA) is 61.3 Å². The van der Waals surface area contributed by atoms with E-state index in [2.05, 4.69) is 0 Å². The largest absolute Gasteiger partial charge is 0.457 e. The monoisotopic (exact) mass is 328 g/mol. The van der Waals surface area contributed by atoms with Gasteiger partial charge in [0.1, 0.15) is 11.5 Å². The summed E-state index contributed by atoms with van der Waals surface area (Å²) in [5.41, 5.74) is 13.5. The van der Waals surface area contributed by atoms with Crippen LogP contribution in [0, 0.1) is 0 Å². The van der Waals surface area contributed by atoms with Gasteiger partial charge < -0.3 is 16.2 Å². The Labute approximate surface area is 138 Å². The highest BCUT2D eigenvalue weighted by atomic mass is 35.5. The maximum atomic E-state index is 5.78. The molecule has 3 nitrogen and oxygen atoms in total. The highest BCUT2D eigenvalue weighted by Gasteiger charge is 1.98. The minimum Gasteiger partial charge on any atom is -0.457 e. The van der Waals surface area contributed by atoms with Gasteiger partial charge in [-0.1, -0.05) is 24.3 Å². The SMILES string of the molecule is Cl.Cl.NCCc1ccc(Oc2ccc(CCN)cc2)cc1. The molecule has 2 aromatic carbocycles. The summed E-state index contributed by atoms with van der Waals surface area (Å²) in [6.45, 7) is 1.34. The number of hydrogen-bond donors (Lipinski definition) is 2. The first kappa shape index (κ1) is 19.7. The van der Waals surface area contributed by atoms with Crippen molar-refractivity contribution in [3.63, 3.8) is 0 Å². The Hall–Kier alpha value is -1.26. The molecular weight excluding hydrogens is 307 g/mol. The molecule has 2 rings (SSSR count). The molecule has 0 amide bonds. The molecule has 0 aromatic heterocycles. The van der Waals surface area contributed by atoms with Crippen molar-refractivity contribution in [1.82, 2.24) is 0 Å². The summed E-state index contributed by atoms with van der Waals surface area (Å²) in [5.74, 6) is 1.68. The van der Waals surface area contributed by atoms with Crippen LogP contribution in [0.2, 0.25) is 0 Å². The lowest BCUT2D eigenvalue weighted by Gasteiger charge is -2.07. The van der Waals surface area contributed by atoms with Crippen LogP contribution in [0.25, 0.3) is 0 Å². The van der Waals surface area contributed by atoms with Gasteiger partial charge in [0.25, 0.3) is 0 Å². The fourth-order valence-corrected chi connectivity index (χ4v) is 1.92. The maximum Gasteiger partial charge on any atom is 0.127 e. The molecule has 0 saturated carbocycles. The third-order valence-corrected chi connectivity index (χ3v) is 2.95. The van der Waals surface area contributed by atoms with Gasteiger partial charge in [-0.3, -0.25) is 0 Å². The van der Waals surface area contributed by atoms with Crippen LogP contribution in [-0.4, -0.2) is 13.1 Å². The molecule has 0 aliphatic rings. The third kappa shape index (κ3) is 6.36. The van der Waals surface area contributed by atoms with Gasteiger partial charge in [0.05, 0.1) is 0 Å². The van der Waals surface area contributed by atoms with Crippen LogP contribution in [0.5, 0.6) is 11.5 Å². The molecule has 0 radical (unpaired) electrons. The predicted octanol–water partition coefficient (Wildman–Crippen LogP) is 3.32. The van der Waals surface area contributed by atoms with E-state index < -0.39 is 0 Å². The summed E-state index contributed by atoms with van der Waals surface area (Å²) in [6.07, 6.45) is 1.79. The quantitative estimate of drug-likeness (QED) is 0.855. The van der Waals surface area contributed by atoms with Gasteiger partial charge in [0.15, 0.2) is 0 Å². The molecule has 0 heterocycles. The van der Waals surface area contributed by atoms with E-state index in [1.165, 1.54) is 11.1 Å². The van der Waals surface area contributed by atoms with E-state index in [0.29, 0.717) is 13.1 Å². The summed E-state index contributed by atoms with van der Waals surface area (Å²) < 4.78 is 5.78. The van der Waals surface area contributed by atoms with E-state index in [9.17, 15) is 0 Å². The lowest BCUT2D eigenvalue weighted by Crippen LogP contribution is -2.02. The van der Waals surface area contributed by atoms with E-state index in [4.69, 9.17) is 16.2 Å². The Morgan fingerprint density at radius 2 is 0.952 bits per heavy atom. The number of nitrogens with two attached hydrogens (primary N) is 2. The van der Waals surface area contributed by atoms with Crippen LogP contribution in [0.1, 0.15) is 11.1 Å². The second-order valence-electron chi connectivity index (χ2n) is 4.47. The van der Waals surface area contributed by atoms with Crippen LogP contribution in [0.4, 0.5) is 0 Å². The average molecular weight is 329 g/mol. The third-order valence-electron chi connectivity index (χ3n) is 2.95. The summed E-state index contributed by atoms with van der Waals surface area (Å²) in [7, 11) is 0. The van der Waals surface area contributed by atoms with Gasteiger partial charge in [-0.05, 0) is 61.3 Å². The first-order chi connectivity index (χ1) is 9.31. The van der Waals surface area contributed by atoms with Crippen molar-refractivity contribution in [3.8, 4) is 11.5 Å². The molecule has 0 fully saturated rings. The van der Waals surface area contributed by atoms with E-state index in [-0.39, 0.29) is 24.8 Å². The van der Waals surface area contributed by atoms with Crippen LogP contribution < -0.4 is 16.2 Å². The zero-order chi connectivity index (χ0) is 13.5.